The average Bonchev–Trinajstić information content (AvgIpc) is 1.97. The van der Waals surface area contributed by atoms with Crippen LogP contribution in [0.3, 0.4) is 0 Å². The molecule has 0 heterocycles. The molecule has 1 rings (SSSR count). The third kappa shape index (κ3) is 2.17. The van der Waals surface area contributed by atoms with Crippen LogP contribution in [0.5, 0.6) is 0 Å². The lowest BCUT2D eigenvalue weighted by atomic mass is 9.78. The first kappa shape index (κ1) is 9.01. The molecule has 0 aromatic heterocycles. The van der Waals surface area contributed by atoms with E-state index >= 15 is 0 Å². The van der Waals surface area contributed by atoms with E-state index in [0.717, 1.165) is 12.3 Å². The first-order valence-corrected chi connectivity index (χ1v) is 4.45. The van der Waals surface area contributed by atoms with E-state index in [9.17, 15) is 0 Å². The van der Waals surface area contributed by atoms with Gasteiger partial charge in [0.15, 0.2) is 0 Å². The smallest absolute Gasteiger partial charge is 0.0775 e. The van der Waals surface area contributed by atoms with Crippen LogP contribution in [-0.2, 0) is 4.74 Å². The summed E-state index contributed by atoms with van der Waals surface area (Å²) < 4.78 is 5.37. The molecule has 2 N–H and O–H groups in total. The number of ether oxygens (including phenoxy) is 1. The van der Waals surface area contributed by atoms with Crippen LogP contribution in [0.25, 0.3) is 0 Å². The van der Waals surface area contributed by atoms with Crippen molar-refractivity contribution in [2.75, 3.05) is 13.7 Å². The SMILES string of the molecule is COC(C)(CN)CC1CCC1. The summed E-state index contributed by atoms with van der Waals surface area (Å²) in [5.74, 6) is 0.878. The van der Waals surface area contributed by atoms with Crippen LogP contribution < -0.4 is 5.73 Å². The van der Waals surface area contributed by atoms with E-state index in [-0.39, 0.29) is 5.60 Å². The molecular formula is C9H19NO. The molecule has 1 unspecified atom stereocenters. The van der Waals surface area contributed by atoms with Crippen molar-refractivity contribution in [1.29, 1.82) is 0 Å². The van der Waals surface area contributed by atoms with Crippen molar-refractivity contribution < 1.29 is 4.74 Å². The molecule has 0 spiro atoms. The third-order valence-corrected chi connectivity index (χ3v) is 2.87. The third-order valence-electron chi connectivity index (χ3n) is 2.87. The Kier molecular flexibility index (Phi) is 2.90. The number of rotatable bonds is 4. The van der Waals surface area contributed by atoms with Gasteiger partial charge in [0.25, 0.3) is 0 Å². The van der Waals surface area contributed by atoms with E-state index in [2.05, 4.69) is 6.92 Å². The molecule has 2 nitrogen and oxygen atoms in total. The highest BCUT2D eigenvalue weighted by Gasteiger charge is 2.29. The summed E-state index contributed by atoms with van der Waals surface area (Å²) in [6.45, 7) is 2.74. The molecule has 0 amide bonds. The predicted molar refractivity (Wildman–Crippen MR) is 46.4 cm³/mol. The van der Waals surface area contributed by atoms with Crippen molar-refractivity contribution >= 4 is 0 Å². The van der Waals surface area contributed by atoms with Gasteiger partial charge >= 0.3 is 0 Å². The van der Waals surface area contributed by atoms with Gasteiger partial charge in [0.05, 0.1) is 5.60 Å². The van der Waals surface area contributed by atoms with Crippen LogP contribution in [0.15, 0.2) is 0 Å². The van der Waals surface area contributed by atoms with E-state index in [4.69, 9.17) is 10.5 Å². The molecule has 0 aromatic carbocycles. The zero-order chi connectivity index (χ0) is 8.32. The maximum absolute atomic E-state index is 5.62. The molecule has 11 heavy (non-hydrogen) atoms. The van der Waals surface area contributed by atoms with Crippen LogP contribution in [-0.4, -0.2) is 19.3 Å². The summed E-state index contributed by atoms with van der Waals surface area (Å²) in [5, 5.41) is 0. The molecule has 1 aliphatic rings. The summed E-state index contributed by atoms with van der Waals surface area (Å²) in [4.78, 5) is 0. The lowest BCUT2D eigenvalue weighted by Gasteiger charge is -2.35. The maximum Gasteiger partial charge on any atom is 0.0775 e. The van der Waals surface area contributed by atoms with E-state index in [0.29, 0.717) is 6.54 Å². The van der Waals surface area contributed by atoms with Gasteiger partial charge in [-0.25, -0.2) is 0 Å². The molecule has 2 heteroatoms. The van der Waals surface area contributed by atoms with Gasteiger partial charge in [-0.15, -0.1) is 0 Å². The first-order valence-electron chi connectivity index (χ1n) is 4.45. The molecule has 1 aliphatic carbocycles. The first-order chi connectivity index (χ1) is 5.20. The number of methoxy groups -OCH3 is 1. The van der Waals surface area contributed by atoms with Crippen LogP contribution in [0.1, 0.15) is 32.6 Å². The Labute approximate surface area is 69.1 Å². The fourth-order valence-electron chi connectivity index (χ4n) is 1.56. The van der Waals surface area contributed by atoms with E-state index in [1.165, 1.54) is 19.3 Å². The second-order valence-corrected chi connectivity index (χ2v) is 3.86. The van der Waals surface area contributed by atoms with Crippen molar-refractivity contribution in [1.82, 2.24) is 0 Å². The summed E-state index contributed by atoms with van der Waals surface area (Å²) in [6.07, 6.45) is 5.28. The second kappa shape index (κ2) is 3.55. The number of hydrogen-bond donors (Lipinski definition) is 1. The Hall–Kier alpha value is -0.0800. The molecule has 66 valence electrons. The monoisotopic (exact) mass is 157 g/mol. The Morgan fingerprint density at radius 3 is 2.45 bits per heavy atom. The maximum atomic E-state index is 5.62. The normalized spacial score (nSPS) is 24.3. The van der Waals surface area contributed by atoms with Crippen molar-refractivity contribution in [3.05, 3.63) is 0 Å². The minimum atomic E-state index is -0.0644. The van der Waals surface area contributed by atoms with Crippen LogP contribution >= 0.6 is 0 Å². The molecule has 0 aliphatic heterocycles. The average molecular weight is 157 g/mol. The topological polar surface area (TPSA) is 35.2 Å². The van der Waals surface area contributed by atoms with Crippen LogP contribution in [0, 0.1) is 5.92 Å². The highest BCUT2D eigenvalue weighted by Crippen LogP contribution is 2.34. The van der Waals surface area contributed by atoms with Gasteiger partial charge < -0.3 is 10.5 Å². The quantitative estimate of drug-likeness (QED) is 0.672. The van der Waals surface area contributed by atoms with Crippen molar-refractivity contribution in [2.24, 2.45) is 11.7 Å². The van der Waals surface area contributed by atoms with Gasteiger partial charge in [-0.1, -0.05) is 19.3 Å². The minimum Gasteiger partial charge on any atom is -0.377 e. The van der Waals surface area contributed by atoms with Crippen LogP contribution in [0.2, 0.25) is 0 Å². The van der Waals surface area contributed by atoms with E-state index < -0.39 is 0 Å². The molecule has 1 saturated carbocycles. The predicted octanol–water partition coefficient (Wildman–Crippen LogP) is 1.54. The Morgan fingerprint density at radius 1 is 1.55 bits per heavy atom. The zero-order valence-corrected chi connectivity index (χ0v) is 7.60. The Bertz CT molecular complexity index is 117. The molecule has 1 atom stereocenters. The second-order valence-electron chi connectivity index (χ2n) is 3.86. The molecule has 0 radical (unpaired) electrons. The Morgan fingerprint density at radius 2 is 2.18 bits per heavy atom. The Balaban J connectivity index is 2.29. The fourth-order valence-corrected chi connectivity index (χ4v) is 1.56. The summed E-state index contributed by atoms with van der Waals surface area (Å²) in [5.41, 5.74) is 5.56. The zero-order valence-electron chi connectivity index (χ0n) is 7.60. The standard InChI is InChI=1S/C9H19NO/c1-9(7-10,11-2)6-8-4-3-5-8/h8H,3-7,10H2,1-2H3. The number of hydrogen-bond acceptors (Lipinski definition) is 2. The summed E-state index contributed by atoms with van der Waals surface area (Å²) >= 11 is 0. The highest BCUT2D eigenvalue weighted by atomic mass is 16.5. The van der Waals surface area contributed by atoms with E-state index in [1.54, 1.807) is 7.11 Å². The van der Waals surface area contributed by atoms with Crippen molar-refractivity contribution in [2.45, 2.75) is 38.2 Å². The summed E-state index contributed by atoms with van der Waals surface area (Å²) in [7, 11) is 1.76. The molecule has 1 fully saturated rings. The molecule has 0 bridgehead atoms. The lowest BCUT2D eigenvalue weighted by molar-refractivity contribution is -0.0159. The lowest BCUT2D eigenvalue weighted by Crippen LogP contribution is -2.39. The minimum absolute atomic E-state index is 0.0644. The highest BCUT2D eigenvalue weighted by molar-refractivity contribution is 4.83. The largest absolute Gasteiger partial charge is 0.377 e. The van der Waals surface area contributed by atoms with E-state index in [1.807, 2.05) is 0 Å². The van der Waals surface area contributed by atoms with Gasteiger partial charge in [-0.3, -0.25) is 0 Å². The van der Waals surface area contributed by atoms with Gasteiger partial charge in [0.2, 0.25) is 0 Å². The van der Waals surface area contributed by atoms with Gasteiger partial charge in [-0.2, -0.15) is 0 Å². The van der Waals surface area contributed by atoms with Crippen molar-refractivity contribution in [3.63, 3.8) is 0 Å². The van der Waals surface area contributed by atoms with Crippen LogP contribution in [0.4, 0.5) is 0 Å². The molecule has 0 saturated heterocycles. The molecule has 0 aromatic rings. The van der Waals surface area contributed by atoms with Gasteiger partial charge in [0, 0.05) is 13.7 Å². The molecular weight excluding hydrogens is 138 g/mol. The fraction of sp³-hybridized carbons (Fsp3) is 1.00. The van der Waals surface area contributed by atoms with Gasteiger partial charge in [0.1, 0.15) is 0 Å². The number of nitrogens with two attached hydrogens (primary N) is 1. The van der Waals surface area contributed by atoms with Gasteiger partial charge in [-0.05, 0) is 19.3 Å². The summed E-state index contributed by atoms with van der Waals surface area (Å²) in [6, 6.07) is 0. The van der Waals surface area contributed by atoms with Crippen molar-refractivity contribution in [3.8, 4) is 0 Å².